The lowest BCUT2D eigenvalue weighted by Crippen LogP contribution is -2.35. The molecule has 0 radical (unpaired) electrons. The minimum Gasteiger partial charge on any atom is -0.368 e. The molecule has 1 heterocycles. The highest BCUT2D eigenvalue weighted by Crippen LogP contribution is 2.17. The summed E-state index contributed by atoms with van der Waals surface area (Å²) >= 11 is 0. The summed E-state index contributed by atoms with van der Waals surface area (Å²) in [6, 6.07) is 15.8. The van der Waals surface area contributed by atoms with E-state index in [9.17, 15) is 17.6 Å². The number of aryl methyl sites for hydroxylation is 1. The summed E-state index contributed by atoms with van der Waals surface area (Å²) in [6.07, 6.45) is 1.01. The summed E-state index contributed by atoms with van der Waals surface area (Å²) in [5.41, 5.74) is 6.80. The Morgan fingerprint density at radius 3 is 2.29 bits per heavy atom. The van der Waals surface area contributed by atoms with Gasteiger partial charge in [-0.15, -0.1) is 4.40 Å². The fourth-order valence-electron chi connectivity index (χ4n) is 2.75. The van der Waals surface area contributed by atoms with Gasteiger partial charge in [0.1, 0.15) is 17.3 Å². The van der Waals surface area contributed by atoms with E-state index >= 15 is 0 Å². The molecular weight excluding hydrogens is 381 g/mol. The van der Waals surface area contributed by atoms with Crippen LogP contribution in [0.25, 0.3) is 0 Å². The van der Waals surface area contributed by atoms with Gasteiger partial charge in [-0.2, -0.15) is 8.42 Å². The van der Waals surface area contributed by atoms with Crippen LogP contribution < -0.4 is 11.2 Å². The lowest BCUT2D eigenvalue weighted by molar-refractivity contribution is -0.120. The molecule has 0 bridgehead atoms. The number of primary amides is 1. The number of amides is 1. The molecule has 0 saturated carbocycles. The smallest absolute Gasteiger partial charge is 0.284 e. The quantitative estimate of drug-likeness (QED) is 0.713. The Hall–Kier alpha value is -3.26. The van der Waals surface area contributed by atoms with E-state index in [0.717, 1.165) is 22.4 Å². The second kappa shape index (κ2) is 7.77. The van der Waals surface area contributed by atoms with Crippen molar-refractivity contribution in [2.45, 2.75) is 17.9 Å². The average molecular weight is 399 g/mol. The van der Waals surface area contributed by atoms with Crippen molar-refractivity contribution in [1.29, 1.82) is 0 Å². The van der Waals surface area contributed by atoms with Gasteiger partial charge in [-0.25, -0.2) is 4.39 Å². The normalized spacial score (nSPS) is 13.3. The van der Waals surface area contributed by atoms with Crippen LogP contribution in [-0.2, 0) is 14.8 Å². The Morgan fingerprint density at radius 1 is 1.04 bits per heavy atom. The lowest BCUT2D eigenvalue weighted by atomic mass is 10.1. The number of halogens is 1. The van der Waals surface area contributed by atoms with Crippen molar-refractivity contribution in [2.24, 2.45) is 10.1 Å². The predicted molar refractivity (Wildman–Crippen MR) is 102 cm³/mol. The fraction of sp³-hybridized carbons (Fsp3) is 0.100. The van der Waals surface area contributed by atoms with Crippen LogP contribution >= 0.6 is 0 Å². The molecule has 1 aromatic heterocycles. The SMILES string of the molecule is Cc1ccc(S(=O)(=O)N=c2ccc(F)cn2C(C(N)=O)c2ccccc2)cc1. The molecule has 6 nitrogen and oxygen atoms in total. The molecule has 0 saturated heterocycles. The maximum atomic E-state index is 13.9. The number of benzene rings is 2. The van der Waals surface area contributed by atoms with E-state index in [0.29, 0.717) is 5.56 Å². The number of pyridine rings is 1. The van der Waals surface area contributed by atoms with Crippen LogP contribution in [0.3, 0.4) is 0 Å². The Bertz CT molecular complexity index is 1170. The van der Waals surface area contributed by atoms with Gasteiger partial charge < -0.3 is 10.3 Å². The zero-order valence-corrected chi connectivity index (χ0v) is 15.8. The fourth-order valence-corrected chi connectivity index (χ4v) is 3.74. The molecule has 8 heteroatoms. The summed E-state index contributed by atoms with van der Waals surface area (Å²) in [7, 11) is -4.08. The van der Waals surface area contributed by atoms with E-state index in [4.69, 9.17) is 5.73 Å². The summed E-state index contributed by atoms with van der Waals surface area (Å²) in [5.74, 6) is -1.43. The van der Waals surface area contributed by atoms with Crippen molar-refractivity contribution in [3.05, 3.63) is 95.4 Å². The number of carbonyl (C=O) groups excluding carboxylic acids is 1. The first-order valence-electron chi connectivity index (χ1n) is 8.37. The van der Waals surface area contributed by atoms with Crippen LogP contribution in [-0.4, -0.2) is 18.9 Å². The van der Waals surface area contributed by atoms with Crippen LogP contribution in [0.1, 0.15) is 17.2 Å². The molecule has 1 atom stereocenters. The topological polar surface area (TPSA) is 94.5 Å². The van der Waals surface area contributed by atoms with Crippen molar-refractivity contribution in [2.75, 3.05) is 0 Å². The molecule has 3 aromatic rings. The lowest BCUT2D eigenvalue weighted by Gasteiger charge is -2.18. The Morgan fingerprint density at radius 2 is 1.68 bits per heavy atom. The van der Waals surface area contributed by atoms with Crippen LogP contribution in [0.15, 0.2) is 82.2 Å². The summed E-state index contributed by atoms with van der Waals surface area (Å²) in [4.78, 5) is 12.1. The molecule has 2 aromatic carbocycles. The Balaban J connectivity index is 2.22. The second-order valence-electron chi connectivity index (χ2n) is 6.21. The predicted octanol–water partition coefficient (Wildman–Crippen LogP) is 2.30. The Labute approximate surface area is 161 Å². The van der Waals surface area contributed by atoms with Crippen molar-refractivity contribution in [3.63, 3.8) is 0 Å². The first kappa shape index (κ1) is 19.5. The first-order chi connectivity index (χ1) is 13.3. The molecule has 2 N–H and O–H groups in total. The highest BCUT2D eigenvalue weighted by atomic mass is 32.2. The van der Waals surface area contributed by atoms with Crippen LogP contribution in [0.2, 0.25) is 0 Å². The van der Waals surface area contributed by atoms with Gasteiger partial charge in [0, 0.05) is 6.20 Å². The molecule has 28 heavy (non-hydrogen) atoms. The molecule has 0 fully saturated rings. The Kier molecular flexibility index (Phi) is 5.41. The molecular formula is C20H18FN3O3S. The maximum absolute atomic E-state index is 13.9. The van der Waals surface area contributed by atoms with Crippen molar-refractivity contribution >= 4 is 15.9 Å². The number of rotatable bonds is 5. The van der Waals surface area contributed by atoms with E-state index in [2.05, 4.69) is 4.40 Å². The highest BCUT2D eigenvalue weighted by molar-refractivity contribution is 7.90. The highest BCUT2D eigenvalue weighted by Gasteiger charge is 2.22. The average Bonchev–Trinajstić information content (AvgIpc) is 2.65. The van der Waals surface area contributed by atoms with Gasteiger partial charge in [-0.05, 0) is 36.8 Å². The minimum atomic E-state index is -4.08. The van der Waals surface area contributed by atoms with E-state index in [1.165, 1.54) is 18.2 Å². The zero-order chi connectivity index (χ0) is 20.3. The summed E-state index contributed by atoms with van der Waals surface area (Å²) in [6.45, 7) is 1.83. The summed E-state index contributed by atoms with van der Waals surface area (Å²) in [5, 5.41) is 0. The molecule has 144 valence electrons. The van der Waals surface area contributed by atoms with Crippen molar-refractivity contribution in [1.82, 2.24) is 4.57 Å². The van der Waals surface area contributed by atoms with E-state index in [1.807, 2.05) is 6.92 Å². The van der Waals surface area contributed by atoms with E-state index in [-0.39, 0.29) is 10.4 Å². The third-order valence-corrected chi connectivity index (χ3v) is 5.41. The van der Waals surface area contributed by atoms with Crippen LogP contribution in [0.4, 0.5) is 4.39 Å². The van der Waals surface area contributed by atoms with Gasteiger partial charge in [0.2, 0.25) is 5.91 Å². The largest absolute Gasteiger partial charge is 0.368 e. The molecule has 0 aliphatic heterocycles. The third kappa shape index (κ3) is 4.17. The van der Waals surface area contributed by atoms with Gasteiger partial charge in [0.25, 0.3) is 10.0 Å². The number of hydrogen-bond donors (Lipinski definition) is 1. The van der Waals surface area contributed by atoms with Gasteiger partial charge in [-0.1, -0.05) is 48.0 Å². The number of aromatic nitrogens is 1. The van der Waals surface area contributed by atoms with E-state index in [1.54, 1.807) is 42.5 Å². The monoisotopic (exact) mass is 399 g/mol. The number of nitrogens with two attached hydrogens (primary N) is 1. The van der Waals surface area contributed by atoms with Gasteiger partial charge in [0.15, 0.2) is 0 Å². The minimum absolute atomic E-state index is 0.00990. The van der Waals surface area contributed by atoms with Gasteiger partial charge in [-0.3, -0.25) is 4.79 Å². The number of sulfonamides is 1. The standard InChI is InChI=1S/C20H18FN3O3S/c1-14-7-10-17(11-8-14)28(26,27)23-18-12-9-16(21)13-24(18)19(20(22)25)15-5-3-2-4-6-15/h2-13,19H,1H3,(H2,22,25). The first-order valence-corrected chi connectivity index (χ1v) is 9.81. The van der Waals surface area contributed by atoms with Gasteiger partial charge in [0.05, 0.1) is 4.90 Å². The molecule has 0 aliphatic rings. The molecule has 1 unspecified atom stereocenters. The molecule has 3 rings (SSSR count). The van der Waals surface area contributed by atoms with Crippen LogP contribution in [0, 0.1) is 12.7 Å². The van der Waals surface area contributed by atoms with Crippen LogP contribution in [0.5, 0.6) is 0 Å². The zero-order valence-electron chi connectivity index (χ0n) is 15.0. The number of carbonyl (C=O) groups is 1. The molecule has 0 aliphatic carbocycles. The molecule has 1 amide bonds. The summed E-state index contributed by atoms with van der Waals surface area (Å²) < 4.78 is 44.2. The third-order valence-electron chi connectivity index (χ3n) is 4.11. The van der Waals surface area contributed by atoms with Crippen molar-refractivity contribution < 1.29 is 17.6 Å². The van der Waals surface area contributed by atoms with Gasteiger partial charge >= 0.3 is 0 Å². The maximum Gasteiger partial charge on any atom is 0.284 e. The number of hydrogen-bond acceptors (Lipinski definition) is 3. The number of nitrogens with zero attached hydrogens (tertiary/aromatic N) is 2. The van der Waals surface area contributed by atoms with Crippen molar-refractivity contribution in [3.8, 4) is 0 Å². The second-order valence-corrected chi connectivity index (χ2v) is 7.81. The molecule has 0 spiro atoms. The van der Waals surface area contributed by atoms with E-state index < -0.39 is 27.8 Å².